The summed E-state index contributed by atoms with van der Waals surface area (Å²) in [5.41, 5.74) is 1.08. The molecule has 0 radical (unpaired) electrons. The first-order valence-corrected chi connectivity index (χ1v) is 7.62. The predicted octanol–water partition coefficient (Wildman–Crippen LogP) is 3.30. The van der Waals surface area contributed by atoms with Gasteiger partial charge in [-0.3, -0.25) is 4.79 Å². The van der Waals surface area contributed by atoms with Gasteiger partial charge in [0.15, 0.2) is 0 Å². The van der Waals surface area contributed by atoms with Crippen molar-refractivity contribution in [3.8, 4) is 0 Å². The van der Waals surface area contributed by atoms with Crippen molar-refractivity contribution in [1.29, 1.82) is 0 Å². The van der Waals surface area contributed by atoms with Crippen LogP contribution in [0.15, 0.2) is 30.3 Å². The molecular weight excluding hydrogens is 290 g/mol. The van der Waals surface area contributed by atoms with Crippen molar-refractivity contribution in [1.82, 2.24) is 5.32 Å². The fraction of sp³-hybridized carbons (Fsp3) is 0.533. The van der Waals surface area contributed by atoms with Crippen molar-refractivity contribution < 1.29 is 4.79 Å². The highest BCUT2D eigenvalue weighted by atomic mass is 79.9. The van der Waals surface area contributed by atoms with Crippen LogP contribution in [0, 0.1) is 5.92 Å². The minimum absolute atomic E-state index is 0.131. The molecular formula is C15H20BrNO. The van der Waals surface area contributed by atoms with Gasteiger partial charge >= 0.3 is 0 Å². The van der Waals surface area contributed by atoms with E-state index in [-0.39, 0.29) is 5.91 Å². The average Bonchev–Trinajstić information content (AvgIpc) is 2.39. The van der Waals surface area contributed by atoms with E-state index in [4.69, 9.17) is 0 Å². The number of amides is 1. The molecule has 0 aromatic heterocycles. The highest BCUT2D eigenvalue weighted by molar-refractivity contribution is 9.09. The highest BCUT2D eigenvalue weighted by Gasteiger charge is 2.22. The SMILES string of the molecule is O=C(Cc1ccccc1)NCC1CCCCC1Br. The van der Waals surface area contributed by atoms with E-state index >= 15 is 0 Å². The zero-order valence-corrected chi connectivity index (χ0v) is 12.2. The molecule has 1 amide bonds. The van der Waals surface area contributed by atoms with Crippen molar-refractivity contribution in [2.75, 3.05) is 6.54 Å². The van der Waals surface area contributed by atoms with Gasteiger partial charge in [-0.05, 0) is 24.3 Å². The van der Waals surface area contributed by atoms with Gasteiger partial charge in [-0.15, -0.1) is 0 Å². The van der Waals surface area contributed by atoms with Gasteiger partial charge in [-0.25, -0.2) is 0 Å². The standard InChI is InChI=1S/C15H20BrNO/c16-14-9-5-4-8-13(14)11-17-15(18)10-12-6-2-1-3-7-12/h1-3,6-7,13-14H,4-5,8-11H2,(H,17,18). The Labute approximate surface area is 117 Å². The van der Waals surface area contributed by atoms with Crippen LogP contribution >= 0.6 is 15.9 Å². The number of carbonyl (C=O) groups excluding carboxylic acids is 1. The van der Waals surface area contributed by atoms with Crippen LogP contribution in [0.1, 0.15) is 31.2 Å². The van der Waals surface area contributed by atoms with Crippen molar-refractivity contribution in [3.05, 3.63) is 35.9 Å². The molecule has 0 spiro atoms. The molecule has 1 aromatic rings. The van der Waals surface area contributed by atoms with E-state index in [1.54, 1.807) is 0 Å². The predicted molar refractivity (Wildman–Crippen MR) is 77.8 cm³/mol. The van der Waals surface area contributed by atoms with Gasteiger partial charge in [0, 0.05) is 11.4 Å². The summed E-state index contributed by atoms with van der Waals surface area (Å²) in [6.45, 7) is 0.807. The van der Waals surface area contributed by atoms with Gasteiger partial charge in [0.05, 0.1) is 6.42 Å². The third-order valence-corrected chi connectivity index (χ3v) is 4.79. The van der Waals surface area contributed by atoms with E-state index < -0.39 is 0 Å². The average molecular weight is 310 g/mol. The molecule has 2 rings (SSSR count). The Morgan fingerprint density at radius 1 is 1.22 bits per heavy atom. The smallest absolute Gasteiger partial charge is 0.224 e. The number of nitrogens with one attached hydrogen (secondary N) is 1. The Hall–Kier alpha value is -0.830. The molecule has 1 aliphatic rings. The van der Waals surface area contributed by atoms with Crippen LogP contribution < -0.4 is 5.32 Å². The summed E-state index contributed by atoms with van der Waals surface area (Å²) in [6.07, 6.45) is 5.55. The molecule has 0 heterocycles. The number of alkyl halides is 1. The Morgan fingerprint density at radius 2 is 1.94 bits per heavy atom. The minimum Gasteiger partial charge on any atom is -0.355 e. The van der Waals surface area contributed by atoms with E-state index in [0.29, 0.717) is 17.2 Å². The zero-order chi connectivity index (χ0) is 12.8. The quantitative estimate of drug-likeness (QED) is 0.850. The molecule has 1 aliphatic carbocycles. The fourth-order valence-corrected chi connectivity index (χ4v) is 3.26. The molecule has 98 valence electrons. The van der Waals surface area contributed by atoms with Gasteiger partial charge < -0.3 is 5.32 Å². The summed E-state index contributed by atoms with van der Waals surface area (Å²) in [6, 6.07) is 9.90. The van der Waals surface area contributed by atoms with E-state index in [0.717, 1.165) is 12.1 Å². The van der Waals surface area contributed by atoms with Crippen molar-refractivity contribution in [3.63, 3.8) is 0 Å². The van der Waals surface area contributed by atoms with Gasteiger partial charge in [0.1, 0.15) is 0 Å². The monoisotopic (exact) mass is 309 g/mol. The molecule has 3 heteroatoms. The maximum absolute atomic E-state index is 11.8. The van der Waals surface area contributed by atoms with Crippen LogP contribution in [0.5, 0.6) is 0 Å². The van der Waals surface area contributed by atoms with E-state index in [1.165, 1.54) is 25.7 Å². The van der Waals surface area contributed by atoms with Gasteiger partial charge in [0.25, 0.3) is 0 Å². The normalized spacial score (nSPS) is 23.6. The molecule has 0 aliphatic heterocycles. The number of hydrogen-bond acceptors (Lipinski definition) is 1. The maximum atomic E-state index is 11.8. The molecule has 1 fully saturated rings. The number of halogens is 1. The lowest BCUT2D eigenvalue weighted by Gasteiger charge is -2.27. The minimum atomic E-state index is 0.131. The second-order valence-electron chi connectivity index (χ2n) is 5.03. The number of benzene rings is 1. The molecule has 1 aromatic carbocycles. The lowest BCUT2D eigenvalue weighted by molar-refractivity contribution is -0.120. The van der Waals surface area contributed by atoms with Crippen molar-refractivity contribution >= 4 is 21.8 Å². The van der Waals surface area contributed by atoms with Crippen molar-refractivity contribution in [2.45, 2.75) is 36.9 Å². The molecule has 2 atom stereocenters. The van der Waals surface area contributed by atoms with E-state index in [9.17, 15) is 4.79 Å². The summed E-state index contributed by atoms with van der Waals surface area (Å²) in [5.74, 6) is 0.727. The third kappa shape index (κ3) is 4.13. The molecule has 1 saturated carbocycles. The molecule has 1 N–H and O–H groups in total. The molecule has 18 heavy (non-hydrogen) atoms. The second kappa shape index (κ2) is 6.93. The first kappa shape index (κ1) is 13.6. The summed E-state index contributed by atoms with van der Waals surface area (Å²) in [4.78, 5) is 12.4. The van der Waals surface area contributed by atoms with Crippen LogP contribution in [-0.4, -0.2) is 17.3 Å². The van der Waals surface area contributed by atoms with Gasteiger partial charge in [-0.1, -0.05) is 59.1 Å². The Balaban J connectivity index is 1.74. The number of rotatable bonds is 4. The molecule has 0 saturated heterocycles. The number of carbonyl (C=O) groups is 1. The lowest BCUT2D eigenvalue weighted by atomic mass is 9.89. The number of hydrogen-bond donors (Lipinski definition) is 1. The Morgan fingerprint density at radius 3 is 2.67 bits per heavy atom. The van der Waals surface area contributed by atoms with E-state index in [1.807, 2.05) is 30.3 Å². The summed E-state index contributed by atoms with van der Waals surface area (Å²) in [7, 11) is 0. The van der Waals surface area contributed by atoms with Crippen LogP contribution in [0.2, 0.25) is 0 Å². The lowest BCUT2D eigenvalue weighted by Crippen LogP contribution is -2.35. The summed E-state index contributed by atoms with van der Waals surface area (Å²) < 4.78 is 0. The third-order valence-electron chi connectivity index (χ3n) is 3.59. The Bertz CT molecular complexity index is 379. The van der Waals surface area contributed by atoms with E-state index in [2.05, 4.69) is 21.2 Å². The largest absolute Gasteiger partial charge is 0.355 e. The molecule has 2 nitrogen and oxygen atoms in total. The first-order valence-electron chi connectivity index (χ1n) is 6.70. The van der Waals surface area contributed by atoms with Crippen LogP contribution in [0.3, 0.4) is 0 Å². The van der Waals surface area contributed by atoms with Crippen molar-refractivity contribution in [2.24, 2.45) is 5.92 Å². The Kier molecular flexibility index (Phi) is 5.24. The fourth-order valence-electron chi connectivity index (χ4n) is 2.48. The zero-order valence-electron chi connectivity index (χ0n) is 10.6. The summed E-state index contributed by atoms with van der Waals surface area (Å²) in [5, 5.41) is 3.06. The molecule has 2 unspecified atom stereocenters. The highest BCUT2D eigenvalue weighted by Crippen LogP contribution is 2.29. The van der Waals surface area contributed by atoms with Gasteiger partial charge in [-0.2, -0.15) is 0 Å². The summed E-state index contributed by atoms with van der Waals surface area (Å²) >= 11 is 3.72. The topological polar surface area (TPSA) is 29.1 Å². The maximum Gasteiger partial charge on any atom is 0.224 e. The van der Waals surface area contributed by atoms with Gasteiger partial charge in [0.2, 0.25) is 5.91 Å². The second-order valence-corrected chi connectivity index (χ2v) is 6.20. The first-order chi connectivity index (χ1) is 8.75. The van der Waals surface area contributed by atoms with Crippen LogP contribution in [-0.2, 0) is 11.2 Å². The molecule has 0 bridgehead atoms. The van der Waals surface area contributed by atoms with Crippen LogP contribution in [0.25, 0.3) is 0 Å². The van der Waals surface area contributed by atoms with Crippen LogP contribution in [0.4, 0.5) is 0 Å².